The molecule has 1 heterocycles. The van der Waals surface area contributed by atoms with Crippen LogP contribution in [0.3, 0.4) is 0 Å². The third-order valence-electron chi connectivity index (χ3n) is 2.91. The molecule has 0 bridgehead atoms. The first kappa shape index (κ1) is 14.6. The van der Waals surface area contributed by atoms with Crippen molar-refractivity contribution < 1.29 is 9.47 Å². The molecule has 0 fully saturated rings. The van der Waals surface area contributed by atoms with Gasteiger partial charge >= 0.3 is 0 Å². The second kappa shape index (κ2) is 8.35. The minimum absolute atomic E-state index is 0.608. The number of benzene rings is 1. The lowest BCUT2D eigenvalue weighted by molar-refractivity contribution is 0.198. The van der Waals surface area contributed by atoms with E-state index >= 15 is 0 Å². The van der Waals surface area contributed by atoms with Crippen molar-refractivity contribution in [2.75, 3.05) is 26.9 Å². The van der Waals surface area contributed by atoms with Gasteiger partial charge in [-0.1, -0.05) is 18.2 Å². The number of methoxy groups -OCH3 is 1. The third kappa shape index (κ3) is 4.68. The predicted molar refractivity (Wildman–Crippen MR) is 77.7 cm³/mol. The molecule has 0 aliphatic rings. The maximum Gasteiger partial charge on any atom is 0.119 e. The third-order valence-corrected chi connectivity index (χ3v) is 2.91. The van der Waals surface area contributed by atoms with E-state index in [0.717, 1.165) is 31.1 Å². The largest absolute Gasteiger partial charge is 0.492 e. The van der Waals surface area contributed by atoms with Crippen LogP contribution in [0.4, 0.5) is 0 Å². The van der Waals surface area contributed by atoms with Crippen molar-refractivity contribution in [3.05, 3.63) is 48.3 Å². The average Bonchev–Trinajstić information content (AvgIpc) is 2.92. The molecule has 1 N–H and O–H groups in total. The van der Waals surface area contributed by atoms with E-state index in [1.54, 1.807) is 7.11 Å². The van der Waals surface area contributed by atoms with Crippen LogP contribution < -0.4 is 10.1 Å². The van der Waals surface area contributed by atoms with Gasteiger partial charge in [-0.25, -0.2) is 0 Å². The molecule has 5 heteroatoms. The summed E-state index contributed by atoms with van der Waals surface area (Å²) in [6.45, 7) is 3.68. The number of hydrogen-bond donors (Lipinski definition) is 1. The van der Waals surface area contributed by atoms with E-state index in [4.69, 9.17) is 9.47 Å². The predicted octanol–water partition coefficient (Wildman–Crippen LogP) is 1.70. The van der Waals surface area contributed by atoms with Crippen LogP contribution in [0.15, 0.2) is 42.6 Å². The summed E-state index contributed by atoms with van der Waals surface area (Å²) in [5.74, 6) is 0.888. The van der Waals surface area contributed by atoms with Gasteiger partial charge in [-0.2, -0.15) is 5.10 Å². The molecule has 108 valence electrons. The molecule has 0 atom stereocenters. The molecule has 0 saturated heterocycles. The van der Waals surface area contributed by atoms with Crippen molar-refractivity contribution in [1.29, 1.82) is 0 Å². The van der Waals surface area contributed by atoms with Crippen molar-refractivity contribution in [2.45, 2.75) is 13.1 Å². The highest BCUT2D eigenvalue weighted by atomic mass is 16.5. The summed E-state index contributed by atoms with van der Waals surface area (Å²) in [4.78, 5) is 0. The van der Waals surface area contributed by atoms with Crippen LogP contribution >= 0.6 is 0 Å². The maximum atomic E-state index is 5.68. The summed E-state index contributed by atoms with van der Waals surface area (Å²) in [7, 11) is 1.70. The smallest absolute Gasteiger partial charge is 0.119 e. The molecule has 5 nitrogen and oxygen atoms in total. The number of rotatable bonds is 9. The molecule has 0 aliphatic carbocycles. The fourth-order valence-electron chi connectivity index (χ4n) is 1.87. The summed E-state index contributed by atoms with van der Waals surface area (Å²) in [6, 6.07) is 11.8. The molecular formula is C15H21N3O2. The van der Waals surface area contributed by atoms with Gasteiger partial charge in [-0.3, -0.25) is 4.68 Å². The monoisotopic (exact) mass is 275 g/mol. The van der Waals surface area contributed by atoms with Gasteiger partial charge in [-0.15, -0.1) is 0 Å². The highest BCUT2D eigenvalue weighted by Crippen LogP contribution is 2.08. The fraction of sp³-hybridized carbons (Fsp3) is 0.400. The zero-order chi connectivity index (χ0) is 14.0. The number of nitrogens with zero attached hydrogens (tertiary/aromatic N) is 2. The van der Waals surface area contributed by atoms with E-state index in [-0.39, 0.29) is 0 Å². The summed E-state index contributed by atoms with van der Waals surface area (Å²) < 4.78 is 12.6. The number of ether oxygens (including phenoxy) is 2. The Morgan fingerprint density at radius 1 is 1.15 bits per heavy atom. The van der Waals surface area contributed by atoms with E-state index in [2.05, 4.69) is 10.4 Å². The Hall–Kier alpha value is -1.85. The Bertz CT molecular complexity index is 485. The van der Waals surface area contributed by atoms with Crippen LogP contribution in [0.25, 0.3) is 0 Å². The van der Waals surface area contributed by atoms with Gasteiger partial charge < -0.3 is 14.8 Å². The first-order chi connectivity index (χ1) is 9.90. The first-order valence-corrected chi connectivity index (χ1v) is 6.78. The van der Waals surface area contributed by atoms with E-state index in [0.29, 0.717) is 13.2 Å². The molecule has 0 unspecified atom stereocenters. The molecule has 20 heavy (non-hydrogen) atoms. The summed E-state index contributed by atoms with van der Waals surface area (Å²) in [5, 5.41) is 7.62. The average molecular weight is 275 g/mol. The Morgan fingerprint density at radius 2 is 2.00 bits per heavy atom. The van der Waals surface area contributed by atoms with Gasteiger partial charge in [0.1, 0.15) is 12.4 Å². The first-order valence-electron chi connectivity index (χ1n) is 6.78. The van der Waals surface area contributed by atoms with Gasteiger partial charge in [0.15, 0.2) is 0 Å². The van der Waals surface area contributed by atoms with Crippen molar-refractivity contribution in [1.82, 2.24) is 15.1 Å². The van der Waals surface area contributed by atoms with Crippen LogP contribution in [-0.4, -0.2) is 36.6 Å². The molecular weight excluding hydrogens is 254 g/mol. The Labute approximate surface area is 119 Å². The Kier molecular flexibility index (Phi) is 6.07. The minimum Gasteiger partial charge on any atom is -0.492 e. The second-order valence-corrected chi connectivity index (χ2v) is 4.38. The molecule has 0 spiro atoms. The van der Waals surface area contributed by atoms with E-state index in [1.165, 1.54) is 0 Å². The standard InChI is InChI=1S/C15H21N3O2/c1-19-11-9-16-13-14-7-8-17-18(14)10-12-20-15-5-3-2-4-6-15/h2-8,16H,9-13H2,1H3. The van der Waals surface area contributed by atoms with E-state index in [1.807, 2.05) is 47.3 Å². The molecule has 1 aromatic carbocycles. The SMILES string of the molecule is COCCNCc1ccnn1CCOc1ccccc1. The topological polar surface area (TPSA) is 48.3 Å². The number of hydrogen-bond acceptors (Lipinski definition) is 4. The summed E-state index contributed by atoms with van der Waals surface area (Å²) in [6.07, 6.45) is 1.82. The van der Waals surface area contributed by atoms with Crippen LogP contribution in [0.1, 0.15) is 5.69 Å². The minimum atomic E-state index is 0.608. The lowest BCUT2D eigenvalue weighted by Gasteiger charge is -2.10. The molecule has 0 aliphatic heterocycles. The second-order valence-electron chi connectivity index (χ2n) is 4.38. The number of para-hydroxylation sites is 1. The van der Waals surface area contributed by atoms with Gasteiger partial charge in [0.05, 0.1) is 18.8 Å². The lowest BCUT2D eigenvalue weighted by atomic mass is 10.3. The van der Waals surface area contributed by atoms with Crippen molar-refractivity contribution in [2.24, 2.45) is 0 Å². The van der Waals surface area contributed by atoms with Crippen LogP contribution in [-0.2, 0) is 17.8 Å². The Morgan fingerprint density at radius 3 is 2.80 bits per heavy atom. The maximum absolute atomic E-state index is 5.68. The Balaban J connectivity index is 1.74. The molecule has 1 aromatic heterocycles. The fourth-order valence-corrected chi connectivity index (χ4v) is 1.87. The van der Waals surface area contributed by atoms with Gasteiger partial charge in [-0.05, 0) is 18.2 Å². The van der Waals surface area contributed by atoms with Crippen LogP contribution in [0, 0.1) is 0 Å². The van der Waals surface area contributed by atoms with Gasteiger partial charge in [0.2, 0.25) is 0 Å². The molecule has 2 rings (SSSR count). The number of nitrogens with one attached hydrogen (secondary N) is 1. The van der Waals surface area contributed by atoms with Gasteiger partial charge in [0, 0.05) is 26.4 Å². The summed E-state index contributed by atoms with van der Waals surface area (Å²) in [5.41, 5.74) is 1.15. The highest BCUT2D eigenvalue weighted by molar-refractivity contribution is 5.20. The van der Waals surface area contributed by atoms with Crippen molar-refractivity contribution in [3.8, 4) is 5.75 Å². The van der Waals surface area contributed by atoms with Crippen molar-refractivity contribution in [3.63, 3.8) is 0 Å². The molecule has 0 amide bonds. The van der Waals surface area contributed by atoms with E-state index in [9.17, 15) is 0 Å². The molecule has 0 radical (unpaired) electrons. The van der Waals surface area contributed by atoms with Crippen LogP contribution in [0.2, 0.25) is 0 Å². The van der Waals surface area contributed by atoms with Gasteiger partial charge in [0.25, 0.3) is 0 Å². The normalized spacial score (nSPS) is 10.7. The van der Waals surface area contributed by atoms with Crippen molar-refractivity contribution >= 4 is 0 Å². The zero-order valence-corrected chi connectivity index (χ0v) is 11.8. The summed E-state index contributed by atoms with van der Waals surface area (Å²) >= 11 is 0. The highest BCUT2D eigenvalue weighted by Gasteiger charge is 2.02. The number of aromatic nitrogens is 2. The molecule has 2 aromatic rings. The quantitative estimate of drug-likeness (QED) is 0.708. The molecule has 0 saturated carbocycles. The zero-order valence-electron chi connectivity index (χ0n) is 11.8. The van der Waals surface area contributed by atoms with E-state index < -0.39 is 0 Å². The van der Waals surface area contributed by atoms with Crippen LogP contribution in [0.5, 0.6) is 5.75 Å². The lowest BCUT2D eigenvalue weighted by Crippen LogP contribution is -2.21.